The fraction of sp³-hybridized carbons (Fsp3) is 0.0625. The third-order valence-corrected chi connectivity index (χ3v) is 2.63. The van der Waals surface area contributed by atoms with E-state index in [9.17, 15) is 4.79 Å². The number of hydrogen-bond donors (Lipinski definition) is 0. The van der Waals surface area contributed by atoms with Crippen molar-refractivity contribution in [2.24, 2.45) is 0 Å². The summed E-state index contributed by atoms with van der Waals surface area (Å²) in [4.78, 5) is 11.1. The second-order valence-electron chi connectivity index (χ2n) is 3.83. The highest BCUT2D eigenvalue weighted by atomic mass is 16.1. The van der Waals surface area contributed by atoms with Crippen LogP contribution in [-0.4, -0.2) is 6.29 Å². The first-order valence-corrected chi connectivity index (χ1v) is 5.65. The van der Waals surface area contributed by atoms with Gasteiger partial charge in [-0.2, -0.15) is 0 Å². The number of hydrogen-bond acceptors (Lipinski definition) is 1. The first-order chi connectivity index (χ1) is 8.40. The maximum absolute atomic E-state index is 11.1. The quantitative estimate of drug-likeness (QED) is 0.571. The van der Waals surface area contributed by atoms with Gasteiger partial charge in [0.25, 0.3) is 0 Å². The molecule has 0 fully saturated rings. The maximum atomic E-state index is 11.1. The average molecular weight is 222 g/mol. The summed E-state index contributed by atoms with van der Waals surface area (Å²) in [6.45, 7) is 0. The Kier molecular flexibility index (Phi) is 3.87. The summed E-state index contributed by atoms with van der Waals surface area (Å²) >= 11 is 0. The molecule has 1 heteroatoms. The third kappa shape index (κ3) is 3.15. The molecule has 0 saturated carbocycles. The van der Waals surface area contributed by atoms with E-state index >= 15 is 0 Å². The molecule has 84 valence electrons. The largest absolute Gasteiger partial charge is 0.298 e. The summed E-state index contributed by atoms with van der Waals surface area (Å²) in [5, 5.41) is 0. The minimum absolute atomic E-state index is 0.745. The molecule has 0 radical (unpaired) electrons. The zero-order valence-corrected chi connectivity index (χ0v) is 9.54. The first-order valence-electron chi connectivity index (χ1n) is 5.65. The van der Waals surface area contributed by atoms with Crippen molar-refractivity contribution in [3.05, 3.63) is 77.9 Å². The van der Waals surface area contributed by atoms with Crippen LogP contribution in [0.5, 0.6) is 0 Å². The van der Waals surface area contributed by atoms with E-state index in [0.717, 1.165) is 23.8 Å². The van der Waals surface area contributed by atoms with Crippen LogP contribution in [0.2, 0.25) is 0 Å². The van der Waals surface area contributed by atoms with Gasteiger partial charge >= 0.3 is 0 Å². The molecule has 0 aliphatic rings. The van der Waals surface area contributed by atoms with E-state index in [-0.39, 0.29) is 0 Å². The van der Waals surface area contributed by atoms with Gasteiger partial charge in [0.1, 0.15) is 6.29 Å². The van der Waals surface area contributed by atoms with Gasteiger partial charge < -0.3 is 0 Å². The van der Waals surface area contributed by atoms with Gasteiger partial charge in [0.05, 0.1) is 0 Å². The van der Waals surface area contributed by atoms with Gasteiger partial charge in [-0.05, 0) is 17.5 Å². The molecule has 0 amide bonds. The molecule has 0 aliphatic heterocycles. The molecule has 1 nitrogen and oxygen atoms in total. The zero-order valence-electron chi connectivity index (χ0n) is 9.54. The van der Waals surface area contributed by atoms with Gasteiger partial charge in [0.15, 0.2) is 0 Å². The molecule has 2 aromatic rings. The van der Waals surface area contributed by atoms with Crippen molar-refractivity contribution in [3.63, 3.8) is 0 Å². The van der Waals surface area contributed by atoms with Crippen LogP contribution in [0, 0.1) is 0 Å². The fourth-order valence-electron chi connectivity index (χ4n) is 1.71. The summed E-state index contributed by atoms with van der Waals surface area (Å²) in [7, 11) is 0. The number of rotatable bonds is 4. The summed E-state index contributed by atoms with van der Waals surface area (Å²) in [6, 6.07) is 19.8. The second-order valence-corrected chi connectivity index (χ2v) is 3.83. The highest BCUT2D eigenvalue weighted by Crippen LogP contribution is 2.13. The van der Waals surface area contributed by atoms with Crippen LogP contribution in [0.3, 0.4) is 0 Å². The minimum atomic E-state index is 0.745. The second kappa shape index (κ2) is 5.80. The van der Waals surface area contributed by atoms with Gasteiger partial charge in [-0.1, -0.05) is 66.7 Å². The van der Waals surface area contributed by atoms with E-state index in [1.54, 1.807) is 0 Å². The molecule has 0 N–H and O–H groups in total. The lowest BCUT2D eigenvalue weighted by molar-refractivity contribution is -0.103. The summed E-state index contributed by atoms with van der Waals surface area (Å²) in [5.41, 5.74) is 2.93. The maximum Gasteiger partial charge on any atom is 0.150 e. The normalized spacial score (nSPS) is 11.2. The Morgan fingerprint density at radius 2 is 1.47 bits per heavy atom. The van der Waals surface area contributed by atoms with Crippen molar-refractivity contribution in [3.8, 4) is 0 Å². The van der Waals surface area contributed by atoms with Crippen molar-refractivity contribution in [1.29, 1.82) is 0 Å². The highest BCUT2D eigenvalue weighted by Gasteiger charge is 1.98. The fourth-order valence-corrected chi connectivity index (χ4v) is 1.71. The monoisotopic (exact) mass is 222 g/mol. The van der Waals surface area contributed by atoms with Crippen molar-refractivity contribution < 1.29 is 4.79 Å². The summed E-state index contributed by atoms with van der Waals surface area (Å²) in [5.74, 6) is 0. The van der Waals surface area contributed by atoms with Crippen molar-refractivity contribution in [1.82, 2.24) is 0 Å². The molecule has 0 aliphatic carbocycles. The van der Waals surface area contributed by atoms with E-state index < -0.39 is 0 Å². The topological polar surface area (TPSA) is 17.1 Å². The Labute approximate surface area is 101 Å². The molecule has 0 aromatic heterocycles. The standard InChI is InChI=1S/C16H14O/c17-13-16(15-9-5-2-6-10-15)12-11-14-7-3-1-4-8-14/h1-10,12-13H,11H2/b16-12+. The van der Waals surface area contributed by atoms with Crippen molar-refractivity contribution in [2.45, 2.75) is 6.42 Å². The molecule has 0 bridgehead atoms. The molecule has 2 aromatic carbocycles. The van der Waals surface area contributed by atoms with E-state index in [2.05, 4.69) is 12.1 Å². The van der Waals surface area contributed by atoms with Crippen LogP contribution in [-0.2, 0) is 11.2 Å². The number of aldehydes is 1. The molecule has 0 saturated heterocycles. The first kappa shape index (κ1) is 11.3. The molecule has 17 heavy (non-hydrogen) atoms. The lowest BCUT2D eigenvalue weighted by Gasteiger charge is -2.00. The van der Waals surface area contributed by atoms with Crippen LogP contribution >= 0.6 is 0 Å². The van der Waals surface area contributed by atoms with Gasteiger partial charge in [-0.25, -0.2) is 0 Å². The third-order valence-electron chi connectivity index (χ3n) is 2.63. The van der Waals surface area contributed by atoms with Crippen molar-refractivity contribution in [2.75, 3.05) is 0 Å². The Hall–Kier alpha value is -2.15. The van der Waals surface area contributed by atoms with Crippen LogP contribution in [0.4, 0.5) is 0 Å². The van der Waals surface area contributed by atoms with E-state index in [4.69, 9.17) is 0 Å². The molecular weight excluding hydrogens is 208 g/mol. The molecule has 0 atom stereocenters. The smallest absolute Gasteiger partial charge is 0.150 e. The Morgan fingerprint density at radius 3 is 2.06 bits per heavy atom. The molecular formula is C16H14O. The summed E-state index contributed by atoms with van der Waals surface area (Å²) in [6.07, 6.45) is 3.67. The predicted octanol–water partition coefficient (Wildman–Crippen LogP) is 3.51. The van der Waals surface area contributed by atoms with E-state index in [0.29, 0.717) is 0 Å². The minimum Gasteiger partial charge on any atom is -0.298 e. The average Bonchev–Trinajstić information content (AvgIpc) is 2.42. The number of benzene rings is 2. The molecule has 0 spiro atoms. The lowest BCUT2D eigenvalue weighted by atomic mass is 10.0. The Bertz CT molecular complexity index is 498. The van der Waals surface area contributed by atoms with Crippen LogP contribution in [0.15, 0.2) is 66.7 Å². The van der Waals surface area contributed by atoms with E-state index in [1.807, 2.05) is 54.6 Å². The SMILES string of the molecule is O=C/C(=C\Cc1ccccc1)c1ccccc1. The van der Waals surface area contributed by atoms with Crippen LogP contribution in [0.25, 0.3) is 5.57 Å². The number of carbonyl (C=O) groups is 1. The Morgan fingerprint density at radius 1 is 0.882 bits per heavy atom. The summed E-state index contributed by atoms with van der Waals surface area (Å²) < 4.78 is 0. The van der Waals surface area contributed by atoms with Gasteiger partial charge in [0, 0.05) is 5.57 Å². The zero-order chi connectivity index (χ0) is 11.9. The highest BCUT2D eigenvalue weighted by molar-refractivity contribution is 6.06. The van der Waals surface area contributed by atoms with Gasteiger partial charge in [-0.15, -0.1) is 0 Å². The lowest BCUT2D eigenvalue weighted by Crippen LogP contribution is -1.87. The van der Waals surface area contributed by atoms with Crippen LogP contribution in [0.1, 0.15) is 11.1 Å². The molecule has 0 heterocycles. The van der Waals surface area contributed by atoms with Crippen molar-refractivity contribution >= 4 is 11.9 Å². The molecule has 0 unspecified atom stereocenters. The number of carbonyl (C=O) groups excluding carboxylic acids is 1. The molecule has 2 rings (SSSR count). The Balaban J connectivity index is 2.17. The van der Waals surface area contributed by atoms with Gasteiger partial charge in [-0.3, -0.25) is 4.79 Å². The number of allylic oxidation sites excluding steroid dienone is 2. The van der Waals surface area contributed by atoms with Gasteiger partial charge in [0.2, 0.25) is 0 Å². The predicted molar refractivity (Wildman–Crippen MR) is 70.6 cm³/mol. The van der Waals surface area contributed by atoms with Crippen LogP contribution < -0.4 is 0 Å². The van der Waals surface area contributed by atoms with E-state index in [1.165, 1.54) is 5.56 Å².